The van der Waals surface area contributed by atoms with Gasteiger partial charge in [-0.05, 0) is 36.5 Å². The van der Waals surface area contributed by atoms with E-state index >= 15 is 0 Å². The van der Waals surface area contributed by atoms with Crippen molar-refractivity contribution in [1.82, 2.24) is 5.32 Å². The molecule has 0 fully saturated rings. The number of carbonyl (C=O) groups excluding carboxylic acids is 2. The summed E-state index contributed by atoms with van der Waals surface area (Å²) < 4.78 is 5.46. The molecule has 128 valence electrons. The van der Waals surface area contributed by atoms with E-state index in [-0.39, 0.29) is 29.4 Å². The monoisotopic (exact) mass is 347 g/mol. The van der Waals surface area contributed by atoms with Crippen LogP contribution in [0, 0.1) is 5.41 Å². The maximum Gasteiger partial charge on any atom is 0.225 e. The molecule has 5 heteroatoms. The van der Waals surface area contributed by atoms with Gasteiger partial charge < -0.3 is 10.1 Å². The van der Waals surface area contributed by atoms with Gasteiger partial charge in [-0.15, -0.1) is 0 Å². The fourth-order valence-electron chi connectivity index (χ4n) is 3.65. The molecular formula is C19H22ClNO3. The van der Waals surface area contributed by atoms with Crippen LogP contribution in [0.1, 0.15) is 51.5 Å². The Hall–Kier alpha value is -1.81. The number of hydrogen-bond donors (Lipinski definition) is 1. The van der Waals surface area contributed by atoms with E-state index in [1.165, 1.54) is 0 Å². The minimum Gasteiger partial charge on any atom is -0.492 e. The van der Waals surface area contributed by atoms with Gasteiger partial charge in [-0.1, -0.05) is 31.5 Å². The second-order valence-corrected chi connectivity index (χ2v) is 7.67. The second kappa shape index (κ2) is 6.25. The topological polar surface area (TPSA) is 55.4 Å². The van der Waals surface area contributed by atoms with Crippen LogP contribution in [-0.4, -0.2) is 18.3 Å². The summed E-state index contributed by atoms with van der Waals surface area (Å²) in [5.41, 5.74) is 2.29. The molecule has 0 unspecified atom stereocenters. The van der Waals surface area contributed by atoms with E-state index < -0.39 is 0 Å². The summed E-state index contributed by atoms with van der Waals surface area (Å²) >= 11 is 6.29. The van der Waals surface area contributed by atoms with Crippen LogP contribution in [0.4, 0.5) is 0 Å². The number of carbonyl (C=O) groups is 2. The van der Waals surface area contributed by atoms with Gasteiger partial charge in [0.25, 0.3) is 0 Å². The van der Waals surface area contributed by atoms with E-state index in [9.17, 15) is 9.59 Å². The van der Waals surface area contributed by atoms with Crippen molar-refractivity contribution in [3.8, 4) is 5.75 Å². The summed E-state index contributed by atoms with van der Waals surface area (Å²) in [6.45, 7) is 6.54. The van der Waals surface area contributed by atoms with Crippen LogP contribution in [0.25, 0.3) is 0 Å². The Labute approximate surface area is 147 Å². The Morgan fingerprint density at radius 1 is 1.29 bits per heavy atom. The highest BCUT2D eigenvalue weighted by molar-refractivity contribution is 6.32. The number of nitrogens with one attached hydrogen (secondary N) is 1. The Kier molecular flexibility index (Phi) is 4.43. The zero-order valence-electron chi connectivity index (χ0n) is 14.2. The van der Waals surface area contributed by atoms with Crippen molar-refractivity contribution in [2.75, 3.05) is 6.61 Å². The molecule has 1 amide bonds. The summed E-state index contributed by atoms with van der Waals surface area (Å²) in [6, 6.07) is 5.52. The molecule has 1 heterocycles. The first-order valence-corrected chi connectivity index (χ1v) is 8.67. The third kappa shape index (κ3) is 3.20. The SMILES string of the molecule is CCOc1ccc([C@@H]2CC(=O)NC3=C2C(=O)CC(C)(C)C3)cc1Cl. The van der Waals surface area contributed by atoms with Gasteiger partial charge >= 0.3 is 0 Å². The predicted octanol–water partition coefficient (Wildman–Crippen LogP) is 3.99. The highest BCUT2D eigenvalue weighted by Crippen LogP contribution is 2.44. The van der Waals surface area contributed by atoms with E-state index in [1.54, 1.807) is 0 Å². The summed E-state index contributed by atoms with van der Waals surface area (Å²) in [5, 5.41) is 3.42. The predicted molar refractivity (Wildman–Crippen MR) is 93.2 cm³/mol. The number of hydrogen-bond acceptors (Lipinski definition) is 3. The summed E-state index contributed by atoms with van der Waals surface area (Å²) in [5.74, 6) is 0.463. The molecule has 1 aromatic carbocycles. The number of rotatable bonds is 3. The van der Waals surface area contributed by atoms with E-state index in [0.717, 1.165) is 16.8 Å². The number of ketones is 1. The molecule has 1 aromatic rings. The average Bonchev–Trinajstić information content (AvgIpc) is 2.46. The minimum absolute atomic E-state index is 0.0470. The Morgan fingerprint density at radius 2 is 2.04 bits per heavy atom. The lowest BCUT2D eigenvalue weighted by Gasteiger charge is -2.37. The second-order valence-electron chi connectivity index (χ2n) is 7.26. The minimum atomic E-state index is -0.231. The van der Waals surface area contributed by atoms with Gasteiger partial charge in [-0.25, -0.2) is 0 Å². The number of Topliss-reactive ketones (excluding diaryl/α,β-unsaturated/α-hetero) is 1. The Morgan fingerprint density at radius 3 is 2.71 bits per heavy atom. The van der Waals surface area contributed by atoms with E-state index in [0.29, 0.717) is 30.2 Å². The number of amides is 1. The van der Waals surface area contributed by atoms with Crippen molar-refractivity contribution in [1.29, 1.82) is 0 Å². The van der Waals surface area contributed by atoms with E-state index in [4.69, 9.17) is 16.3 Å². The summed E-state index contributed by atoms with van der Waals surface area (Å²) in [6.07, 6.45) is 1.49. The van der Waals surface area contributed by atoms with Crippen LogP contribution in [0.2, 0.25) is 5.02 Å². The lowest BCUT2D eigenvalue weighted by molar-refractivity contribution is -0.122. The van der Waals surface area contributed by atoms with Gasteiger partial charge in [0, 0.05) is 30.0 Å². The molecule has 24 heavy (non-hydrogen) atoms. The molecule has 1 N–H and O–H groups in total. The molecule has 0 saturated carbocycles. The van der Waals surface area contributed by atoms with Crippen LogP contribution in [0.5, 0.6) is 5.75 Å². The molecule has 3 rings (SSSR count). The highest BCUT2D eigenvalue weighted by Gasteiger charge is 2.40. The molecular weight excluding hydrogens is 326 g/mol. The van der Waals surface area contributed by atoms with Crippen molar-refractivity contribution in [3.05, 3.63) is 40.1 Å². The van der Waals surface area contributed by atoms with Crippen LogP contribution < -0.4 is 10.1 Å². The van der Waals surface area contributed by atoms with Crippen LogP contribution in [0.3, 0.4) is 0 Å². The molecule has 2 aliphatic rings. The van der Waals surface area contributed by atoms with Gasteiger partial charge in [-0.3, -0.25) is 9.59 Å². The maximum atomic E-state index is 12.7. The van der Waals surface area contributed by atoms with Crippen LogP contribution in [0.15, 0.2) is 29.5 Å². The smallest absolute Gasteiger partial charge is 0.225 e. The first-order valence-electron chi connectivity index (χ1n) is 8.29. The van der Waals surface area contributed by atoms with Crippen molar-refractivity contribution in [2.45, 2.75) is 46.0 Å². The van der Waals surface area contributed by atoms with Crippen molar-refractivity contribution in [3.63, 3.8) is 0 Å². The molecule has 0 bridgehead atoms. The normalized spacial score (nSPS) is 22.9. The van der Waals surface area contributed by atoms with Gasteiger partial charge in [0.2, 0.25) is 5.91 Å². The van der Waals surface area contributed by atoms with Crippen molar-refractivity contribution >= 4 is 23.3 Å². The fraction of sp³-hybridized carbons (Fsp3) is 0.474. The molecule has 0 spiro atoms. The number of halogens is 1. The summed E-state index contributed by atoms with van der Waals surface area (Å²) in [7, 11) is 0. The Balaban J connectivity index is 2.02. The number of benzene rings is 1. The third-order valence-corrected chi connectivity index (χ3v) is 4.90. The van der Waals surface area contributed by atoms with E-state index in [1.807, 2.05) is 25.1 Å². The van der Waals surface area contributed by atoms with Gasteiger partial charge in [0.1, 0.15) is 5.75 Å². The molecule has 0 aromatic heterocycles. The number of allylic oxidation sites excluding steroid dienone is 2. The Bertz CT molecular complexity index is 736. The molecule has 4 nitrogen and oxygen atoms in total. The highest BCUT2D eigenvalue weighted by atomic mass is 35.5. The first-order chi connectivity index (χ1) is 11.3. The van der Waals surface area contributed by atoms with Gasteiger partial charge in [0.15, 0.2) is 5.78 Å². The lowest BCUT2D eigenvalue weighted by atomic mass is 9.70. The zero-order chi connectivity index (χ0) is 17.5. The number of ether oxygens (including phenoxy) is 1. The standard InChI is InChI=1S/C19H22ClNO3/c1-4-24-16-6-5-11(7-13(16)20)12-8-17(23)21-14-9-19(2,3)10-15(22)18(12)14/h5-7,12H,4,8-10H2,1-3H3,(H,21,23)/t12-/m0/s1. The fourth-order valence-corrected chi connectivity index (χ4v) is 3.89. The molecule has 1 atom stereocenters. The van der Waals surface area contributed by atoms with Crippen LogP contribution in [-0.2, 0) is 9.59 Å². The van der Waals surface area contributed by atoms with Crippen molar-refractivity contribution in [2.24, 2.45) is 5.41 Å². The van der Waals surface area contributed by atoms with Crippen LogP contribution >= 0.6 is 11.6 Å². The maximum absolute atomic E-state index is 12.7. The third-order valence-electron chi connectivity index (χ3n) is 4.61. The van der Waals surface area contributed by atoms with Gasteiger partial charge in [0.05, 0.1) is 11.6 Å². The van der Waals surface area contributed by atoms with Crippen molar-refractivity contribution < 1.29 is 14.3 Å². The summed E-state index contributed by atoms with van der Waals surface area (Å²) in [4.78, 5) is 24.9. The first kappa shape index (κ1) is 17.0. The zero-order valence-corrected chi connectivity index (χ0v) is 15.0. The van der Waals surface area contributed by atoms with E-state index in [2.05, 4.69) is 19.2 Å². The molecule has 1 aliphatic carbocycles. The van der Waals surface area contributed by atoms with Gasteiger partial charge in [-0.2, -0.15) is 0 Å². The largest absolute Gasteiger partial charge is 0.492 e. The quantitative estimate of drug-likeness (QED) is 0.899. The molecule has 0 radical (unpaired) electrons. The lowest BCUT2D eigenvalue weighted by Crippen LogP contribution is -2.40. The molecule has 1 aliphatic heterocycles. The average molecular weight is 348 g/mol. The molecule has 0 saturated heterocycles.